The Morgan fingerprint density at radius 2 is 0.825 bits per heavy atom. The minimum absolute atomic E-state index is 0.700. The van der Waals surface area contributed by atoms with Crippen molar-refractivity contribution < 1.29 is 4.42 Å². The second-order valence-electron chi connectivity index (χ2n) is 14.5. The van der Waals surface area contributed by atoms with E-state index in [-0.39, 0.29) is 0 Å². The highest BCUT2D eigenvalue weighted by Gasteiger charge is 2.27. The second kappa shape index (κ2) is 12.4. The first-order valence-corrected chi connectivity index (χ1v) is 19.3. The third kappa shape index (κ3) is 4.76. The smallest absolute Gasteiger partial charge is 0.160 e. The maximum atomic E-state index is 6.95. The highest BCUT2D eigenvalue weighted by molar-refractivity contribution is 6.39. The number of hydrogen-bond donors (Lipinski definition) is 0. The van der Waals surface area contributed by atoms with Crippen molar-refractivity contribution in [3.8, 4) is 45.3 Å². The van der Waals surface area contributed by atoms with Crippen molar-refractivity contribution in [1.82, 2.24) is 19.1 Å². The van der Waals surface area contributed by atoms with E-state index in [0.717, 1.165) is 94.2 Å². The van der Waals surface area contributed by atoms with E-state index in [9.17, 15) is 0 Å². The van der Waals surface area contributed by atoms with Crippen molar-refractivity contribution in [2.24, 2.45) is 0 Å². The lowest BCUT2D eigenvalue weighted by Gasteiger charge is -2.12. The summed E-state index contributed by atoms with van der Waals surface area (Å²) in [6.45, 7) is 0. The Hall–Kier alpha value is -7.76. The standard InChI is InChI=1S/C52H32N4O/c1-4-16-33(17-5-1)41-32-42(54-52(53-41)35-18-6-2-7-19-35)34-28-30-37(31-29-34)56-44-26-14-11-23-39(44)47-49(56)46-38-22-10-13-25-43(38)55(36-20-8-3-9-21-36)50(46)48-40-24-12-15-27-45(40)57-51(47)48/h1-32H. The van der Waals surface area contributed by atoms with E-state index in [1.165, 1.54) is 10.8 Å². The first-order valence-electron chi connectivity index (χ1n) is 19.3. The molecule has 0 aliphatic carbocycles. The van der Waals surface area contributed by atoms with Crippen LogP contribution in [0.5, 0.6) is 0 Å². The summed E-state index contributed by atoms with van der Waals surface area (Å²) in [5, 5.41) is 6.88. The molecule has 12 rings (SSSR count). The molecule has 12 aromatic rings. The van der Waals surface area contributed by atoms with Gasteiger partial charge in [0.2, 0.25) is 0 Å². The average Bonchev–Trinajstić information content (AvgIpc) is 3.95. The highest BCUT2D eigenvalue weighted by Crippen LogP contribution is 2.49. The molecule has 4 aromatic heterocycles. The van der Waals surface area contributed by atoms with Gasteiger partial charge in [-0.25, -0.2) is 9.97 Å². The molecule has 0 saturated carbocycles. The molecule has 0 saturated heterocycles. The SMILES string of the molecule is c1ccc(-c2cc(-c3ccc(-n4c5ccccc5c5c6oc7ccccc7c6c6c(c7ccccc7n6-c6ccccc6)c54)cc3)nc(-c3ccccc3)n2)cc1. The molecular formula is C52H32N4O. The van der Waals surface area contributed by atoms with Crippen LogP contribution < -0.4 is 0 Å². The maximum absolute atomic E-state index is 6.95. The van der Waals surface area contributed by atoms with Gasteiger partial charge in [0.25, 0.3) is 0 Å². The van der Waals surface area contributed by atoms with Gasteiger partial charge in [-0.3, -0.25) is 0 Å². The molecule has 4 heterocycles. The zero-order valence-electron chi connectivity index (χ0n) is 30.7. The fraction of sp³-hybridized carbons (Fsp3) is 0. The van der Waals surface area contributed by atoms with Crippen LogP contribution in [-0.2, 0) is 0 Å². The predicted octanol–water partition coefficient (Wildman–Crippen LogP) is 13.6. The maximum Gasteiger partial charge on any atom is 0.160 e. The summed E-state index contributed by atoms with van der Waals surface area (Å²) in [7, 11) is 0. The van der Waals surface area contributed by atoms with Gasteiger partial charge >= 0.3 is 0 Å². The largest absolute Gasteiger partial charge is 0.455 e. The molecule has 0 bridgehead atoms. The van der Waals surface area contributed by atoms with Crippen molar-refractivity contribution in [1.29, 1.82) is 0 Å². The minimum Gasteiger partial charge on any atom is -0.455 e. The van der Waals surface area contributed by atoms with E-state index in [0.29, 0.717) is 5.82 Å². The van der Waals surface area contributed by atoms with Crippen LogP contribution in [0, 0.1) is 0 Å². The summed E-state index contributed by atoms with van der Waals surface area (Å²) < 4.78 is 11.8. The average molecular weight is 729 g/mol. The van der Waals surface area contributed by atoms with Crippen LogP contribution >= 0.6 is 0 Å². The van der Waals surface area contributed by atoms with E-state index in [4.69, 9.17) is 14.4 Å². The number of rotatable bonds is 5. The fourth-order valence-corrected chi connectivity index (χ4v) is 8.84. The second-order valence-corrected chi connectivity index (χ2v) is 14.5. The molecule has 0 spiro atoms. The van der Waals surface area contributed by atoms with Crippen LogP contribution in [0.3, 0.4) is 0 Å². The van der Waals surface area contributed by atoms with E-state index in [1.54, 1.807) is 0 Å². The monoisotopic (exact) mass is 728 g/mol. The zero-order valence-corrected chi connectivity index (χ0v) is 30.7. The van der Waals surface area contributed by atoms with Crippen LogP contribution in [0.15, 0.2) is 199 Å². The number of nitrogens with zero attached hydrogens (tertiary/aromatic N) is 4. The molecule has 0 aliphatic rings. The summed E-state index contributed by atoms with van der Waals surface area (Å²) in [5.41, 5.74) is 13.3. The third-order valence-corrected chi connectivity index (χ3v) is 11.3. The van der Waals surface area contributed by atoms with Gasteiger partial charge in [-0.05, 0) is 48.5 Å². The minimum atomic E-state index is 0.700. The first kappa shape index (κ1) is 31.6. The highest BCUT2D eigenvalue weighted by atomic mass is 16.3. The Labute approximate surface area is 327 Å². The molecule has 5 nitrogen and oxygen atoms in total. The molecule has 0 unspecified atom stereocenters. The van der Waals surface area contributed by atoms with Crippen LogP contribution in [-0.4, -0.2) is 19.1 Å². The van der Waals surface area contributed by atoms with Crippen molar-refractivity contribution in [2.75, 3.05) is 0 Å². The summed E-state index contributed by atoms with van der Waals surface area (Å²) >= 11 is 0. The molecule has 0 atom stereocenters. The number of aromatic nitrogens is 4. The van der Waals surface area contributed by atoms with E-state index < -0.39 is 0 Å². The summed E-state index contributed by atoms with van der Waals surface area (Å²) in [5.74, 6) is 0.700. The van der Waals surface area contributed by atoms with Crippen LogP contribution in [0.4, 0.5) is 0 Å². The molecule has 266 valence electrons. The van der Waals surface area contributed by atoms with Crippen molar-refractivity contribution in [2.45, 2.75) is 0 Å². The third-order valence-electron chi connectivity index (χ3n) is 11.3. The lowest BCUT2D eigenvalue weighted by atomic mass is 10.0. The number of para-hydroxylation sites is 4. The van der Waals surface area contributed by atoms with Crippen LogP contribution in [0.25, 0.3) is 111 Å². The van der Waals surface area contributed by atoms with E-state index in [1.807, 2.05) is 36.4 Å². The van der Waals surface area contributed by atoms with Gasteiger partial charge in [-0.1, -0.05) is 146 Å². The Morgan fingerprint density at radius 1 is 0.368 bits per heavy atom. The Kier molecular flexibility index (Phi) is 6.86. The van der Waals surface area contributed by atoms with Crippen LogP contribution in [0.2, 0.25) is 0 Å². The summed E-state index contributed by atoms with van der Waals surface area (Å²) in [6.07, 6.45) is 0. The predicted molar refractivity (Wildman–Crippen MR) is 234 cm³/mol. The topological polar surface area (TPSA) is 48.8 Å². The Morgan fingerprint density at radius 3 is 1.46 bits per heavy atom. The van der Waals surface area contributed by atoms with Crippen molar-refractivity contribution in [3.63, 3.8) is 0 Å². The summed E-state index contributed by atoms with van der Waals surface area (Å²) in [4.78, 5) is 10.1. The quantitative estimate of drug-likeness (QED) is 0.177. The van der Waals surface area contributed by atoms with Crippen LogP contribution in [0.1, 0.15) is 0 Å². The normalized spacial score (nSPS) is 11.9. The molecule has 0 fully saturated rings. The number of fused-ring (bicyclic) bond motifs is 12. The molecule has 8 aromatic carbocycles. The molecular weight excluding hydrogens is 697 g/mol. The molecule has 0 amide bonds. The van der Waals surface area contributed by atoms with E-state index in [2.05, 4.69) is 167 Å². The Balaban J connectivity index is 1.16. The first-order chi connectivity index (χ1) is 28.3. The van der Waals surface area contributed by atoms with Gasteiger partial charge in [0.1, 0.15) is 11.2 Å². The lowest BCUT2D eigenvalue weighted by molar-refractivity contribution is 0.673. The summed E-state index contributed by atoms with van der Waals surface area (Å²) in [6, 6.07) is 68.1. The fourth-order valence-electron chi connectivity index (χ4n) is 8.84. The molecule has 0 aliphatic heterocycles. The van der Waals surface area contributed by atoms with Gasteiger partial charge in [0, 0.05) is 49.6 Å². The number of hydrogen-bond acceptors (Lipinski definition) is 3. The van der Waals surface area contributed by atoms with Gasteiger partial charge in [0.15, 0.2) is 5.82 Å². The number of furan rings is 1. The molecule has 57 heavy (non-hydrogen) atoms. The molecule has 0 N–H and O–H groups in total. The lowest BCUT2D eigenvalue weighted by Crippen LogP contribution is -1.97. The van der Waals surface area contributed by atoms with Gasteiger partial charge in [0.05, 0.1) is 44.2 Å². The van der Waals surface area contributed by atoms with Gasteiger partial charge < -0.3 is 13.6 Å². The number of benzene rings is 8. The zero-order chi connectivity index (χ0) is 37.5. The van der Waals surface area contributed by atoms with Gasteiger partial charge in [-0.2, -0.15) is 0 Å². The Bertz CT molecular complexity index is 3430. The molecule has 0 radical (unpaired) electrons. The van der Waals surface area contributed by atoms with Crippen molar-refractivity contribution in [3.05, 3.63) is 194 Å². The molecule has 5 heteroatoms. The van der Waals surface area contributed by atoms with E-state index >= 15 is 0 Å². The van der Waals surface area contributed by atoms with Gasteiger partial charge in [-0.15, -0.1) is 0 Å². The van der Waals surface area contributed by atoms with Crippen molar-refractivity contribution >= 4 is 65.6 Å².